The number of rotatable bonds is 6. The highest BCUT2D eigenvalue weighted by Crippen LogP contribution is 2.65. The van der Waals surface area contributed by atoms with Crippen LogP contribution in [0.4, 0.5) is 11.4 Å². The number of aryl methyl sites for hydroxylation is 1. The summed E-state index contributed by atoms with van der Waals surface area (Å²) in [6, 6.07) is 30.4. The third kappa shape index (κ3) is 4.45. The molecule has 2 saturated heterocycles. The molecule has 4 aliphatic rings. The predicted octanol–water partition coefficient (Wildman–Crippen LogP) is 5.90. The van der Waals surface area contributed by atoms with Crippen LogP contribution in [0, 0.1) is 30.6 Å². The molecule has 1 saturated carbocycles. The average molecular weight is 654 g/mol. The summed E-state index contributed by atoms with van der Waals surface area (Å²) in [5.74, 6) is -4.74. The maximum absolute atomic E-state index is 15.2. The van der Waals surface area contributed by atoms with E-state index in [2.05, 4.69) is 5.43 Å². The molecule has 4 amide bonds. The number of ether oxygens (including phenoxy) is 1. The van der Waals surface area contributed by atoms with Gasteiger partial charge in [0.05, 0.1) is 41.7 Å². The first-order chi connectivity index (χ1) is 23.7. The van der Waals surface area contributed by atoms with Crippen molar-refractivity contribution in [3.63, 3.8) is 0 Å². The van der Waals surface area contributed by atoms with Crippen LogP contribution in [0.1, 0.15) is 35.4 Å². The van der Waals surface area contributed by atoms with Gasteiger partial charge in [-0.3, -0.25) is 29.5 Å². The van der Waals surface area contributed by atoms with Crippen molar-refractivity contribution in [1.82, 2.24) is 5.01 Å². The molecule has 2 aliphatic heterocycles. The number of carbonyl (C=O) groups is 4. The first-order valence-electron chi connectivity index (χ1n) is 16.5. The second-order valence-electron chi connectivity index (χ2n) is 13.4. The van der Waals surface area contributed by atoms with Gasteiger partial charge < -0.3 is 9.84 Å². The largest absolute Gasteiger partial charge is 0.508 e. The zero-order valence-electron chi connectivity index (χ0n) is 27.1. The Hall–Kier alpha value is -5.70. The minimum atomic E-state index is -1.49. The Morgan fingerprint density at radius 1 is 0.816 bits per heavy atom. The molecular formula is C40H35N3O6. The summed E-state index contributed by atoms with van der Waals surface area (Å²) in [5, 5.41) is 12.7. The molecule has 0 spiro atoms. The topological polar surface area (TPSA) is 116 Å². The third-order valence-electron chi connectivity index (χ3n) is 11.0. The number of allylic oxidation sites excluding steroid dienone is 2. The van der Waals surface area contributed by atoms with E-state index < -0.39 is 46.8 Å². The van der Waals surface area contributed by atoms with Crippen LogP contribution in [-0.4, -0.2) is 40.9 Å². The second kappa shape index (κ2) is 11.5. The number of aromatic hydroxyl groups is 1. The van der Waals surface area contributed by atoms with Crippen molar-refractivity contribution in [2.75, 3.05) is 17.4 Å². The minimum Gasteiger partial charge on any atom is -0.508 e. The van der Waals surface area contributed by atoms with E-state index in [-0.39, 0.29) is 30.4 Å². The number of para-hydroxylation sites is 1. The zero-order valence-corrected chi connectivity index (χ0v) is 27.1. The highest BCUT2D eigenvalue weighted by molar-refractivity contribution is 6.22. The van der Waals surface area contributed by atoms with Crippen molar-refractivity contribution in [3.05, 3.63) is 131 Å². The number of hydrazine groups is 1. The smallest absolute Gasteiger partial charge is 0.260 e. The molecule has 9 heteroatoms. The van der Waals surface area contributed by atoms with Crippen molar-refractivity contribution in [2.45, 2.75) is 31.1 Å². The average Bonchev–Trinajstić information content (AvgIpc) is 3.51. The van der Waals surface area contributed by atoms with Crippen molar-refractivity contribution >= 4 is 35.0 Å². The van der Waals surface area contributed by atoms with E-state index in [0.717, 1.165) is 16.1 Å². The van der Waals surface area contributed by atoms with Gasteiger partial charge in [-0.25, -0.2) is 0 Å². The van der Waals surface area contributed by atoms with Gasteiger partial charge in [-0.15, -0.1) is 0 Å². The molecule has 6 atom stereocenters. The van der Waals surface area contributed by atoms with E-state index in [4.69, 9.17) is 4.74 Å². The SMILES string of the molecule is COc1ccc(O)c([C@H]2C3=CC[C@@H]4C(=O)N(c5ccccc5)C(=O)[C@@H]4[C@@H]3C[C@H]3C(=O)N(Nc4ccc(C)cc4)C(=O)[C@@]23c2ccccc2)c1. The number of phenols is 1. The van der Waals surface area contributed by atoms with Gasteiger partial charge in [0.2, 0.25) is 11.8 Å². The van der Waals surface area contributed by atoms with E-state index >= 15 is 4.79 Å². The van der Waals surface area contributed by atoms with Crippen LogP contribution in [0.3, 0.4) is 0 Å². The quantitative estimate of drug-likeness (QED) is 0.197. The summed E-state index contributed by atoms with van der Waals surface area (Å²) in [6.45, 7) is 1.96. The van der Waals surface area contributed by atoms with Gasteiger partial charge in [0, 0.05) is 11.5 Å². The molecule has 9 nitrogen and oxygen atoms in total. The Morgan fingerprint density at radius 2 is 1.51 bits per heavy atom. The fourth-order valence-corrected chi connectivity index (χ4v) is 8.81. The van der Waals surface area contributed by atoms with Crippen LogP contribution in [0.5, 0.6) is 11.5 Å². The number of phenolic OH excluding ortho intramolecular Hbond substituents is 1. The number of amides is 4. The maximum Gasteiger partial charge on any atom is 0.260 e. The van der Waals surface area contributed by atoms with Gasteiger partial charge >= 0.3 is 0 Å². The van der Waals surface area contributed by atoms with Gasteiger partial charge in [-0.05, 0) is 73.7 Å². The Kier molecular flexibility index (Phi) is 7.17. The molecule has 49 heavy (non-hydrogen) atoms. The number of hydrogen-bond acceptors (Lipinski definition) is 7. The monoisotopic (exact) mass is 653 g/mol. The van der Waals surface area contributed by atoms with E-state index in [0.29, 0.717) is 28.3 Å². The van der Waals surface area contributed by atoms with Gasteiger partial charge in [-0.1, -0.05) is 77.9 Å². The highest BCUT2D eigenvalue weighted by atomic mass is 16.5. The number of benzene rings is 4. The Labute approximate surface area is 283 Å². The number of carbonyl (C=O) groups excluding carboxylic acids is 4. The Bertz CT molecular complexity index is 2030. The van der Waals surface area contributed by atoms with E-state index in [1.807, 2.05) is 73.7 Å². The van der Waals surface area contributed by atoms with Crippen molar-refractivity contribution < 1.29 is 29.0 Å². The molecule has 246 valence electrons. The lowest BCUT2D eigenvalue weighted by Crippen LogP contribution is -2.53. The fraction of sp³-hybridized carbons (Fsp3) is 0.250. The van der Waals surface area contributed by atoms with Crippen molar-refractivity contribution in [2.24, 2.45) is 23.7 Å². The van der Waals surface area contributed by atoms with E-state index in [1.54, 1.807) is 36.4 Å². The molecule has 0 radical (unpaired) electrons. The lowest BCUT2D eigenvalue weighted by atomic mass is 9.49. The zero-order chi connectivity index (χ0) is 34.0. The first kappa shape index (κ1) is 30.6. The molecule has 2 heterocycles. The standard InChI is InChI=1S/C40H35N3O6/c1-23-13-15-25(16-14-23)41-43-37(46)32-22-30-28(18-19-29-34(30)38(47)42(36(29)45)26-11-7-4-8-12-26)35(31-21-27(49-2)17-20-33(31)44)40(32,39(43)48)24-9-5-3-6-10-24/h3-18,20-21,29-30,32,34-35,41,44H,19,22H2,1-2H3/t29-,30+,32-,34-,35+,40+/m0/s1. The van der Waals surface area contributed by atoms with Crippen molar-refractivity contribution in [3.8, 4) is 11.5 Å². The van der Waals surface area contributed by atoms with Gasteiger partial charge in [-0.2, -0.15) is 5.01 Å². The number of fused-ring (bicyclic) bond motifs is 4. The molecular weight excluding hydrogens is 618 g/mol. The van der Waals surface area contributed by atoms with Crippen LogP contribution < -0.4 is 15.1 Å². The molecule has 4 aromatic carbocycles. The predicted molar refractivity (Wildman–Crippen MR) is 182 cm³/mol. The lowest BCUT2D eigenvalue weighted by molar-refractivity contribution is -0.138. The number of hydrogen-bond donors (Lipinski definition) is 2. The number of methoxy groups -OCH3 is 1. The van der Waals surface area contributed by atoms with E-state index in [9.17, 15) is 19.5 Å². The first-order valence-corrected chi connectivity index (χ1v) is 16.5. The normalized spacial score (nSPS) is 27.4. The third-order valence-corrected chi connectivity index (χ3v) is 11.0. The van der Waals surface area contributed by atoms with E-state index in [1.165, 1.54) is 18.1 Å². The van der Waals surface area contributed by atoms with Crippen LogP contribution >= 0.6 is 0 Å². The molecule has 8 rings (SSSR count). The molecule has 4 aromatic rings. The number of nitrogens with one attached hydrogen (secondary N) is 1. The highest BCUT2D eigenvalue weighted by Gasteiger charge is 2.70. The minimum absolute atomic E-state index is 0.0616. The summed E-state index contributed by atoms with van der Waals surface area (Å²) < 4.78 is 5.60. The number of imide groups is 2. The van der Waals surface area contributed by atoms with Crippen LogP contribution in [-0.2, 0) is 24.6 Å². The number of nitrogens with zero attached hydrogens (tertiary/aromatic N) is 2. The molecule has 0 unspecified atom stereocenters. The molecule has 2 aliphatic carbocycles. The van der Waals surface area contributed by atoms with Gasteiger partial charge in [0.1, 0.15) is 11.5 Å². The van der Waals surface area contributed by atoms with Crippen molar-refractivity contribution in [1.29, 1.82) is 0 Å². The van der Waals surface area contributed by atoms with Crippen LogP contribution in [0.15, 0.2) is 115 Å². The summed E-state index contributed by atoms with van der Waals surface area (Å²) in [7, 11) is 1.53. The molecule has 2 N–H and O–H groups in total. The summed E-state index contributed by atoms with van der Waals surface area (Å²) in [6.07, 6.45) is 2.43. The fourth-order valence-electron chi connectivity index (χ4n) is 8.81. The van der Waals surface area contributed by atoms with Gasteiger partial charge in [0.15, 0.2) is 0 Å². The van der Waals surface area contributed by atoms with Crippen LogP contribution in [0.25, 0.3) is 0 Å². The Balaban J connectivity index is 1.34. The lowest BCUT2D eigenvalue weighted by Gasteiger charge is -2.50. The molecule has 0 bridgehead atoms. The summed E-state index contributed by atoms with van der Waals surface area (Å²) in [4.78, 5) is 59.5. The van der Waals surface area contributed by atoms with Gasteiger partial charge in [0.25, 0.3) is 11.8 Å². The molecule has 3 fully saturated rings. The number of anilines is 2. The second-order valence-corrected chi connectivity index (χ2v) is 13.4. The summed E-state index contributed by atoms with van der Waals surface area (Å²) >= 11 is 0. The molecule has 0 aromatic heterocycles. The van der Waals surface area contributed by atoms with Crippen LogP contribution in [0.2, 0.25) is 0 Å². The Morgan fingerprint density at radius 3 is 2.20 bits per heavy atom. The maximum atomic E-state index is 15.2. The summed E-state index contributed by atoms with van der Waals surface area (Å²) in [5.41, 5.74) is 5.52.